The van der Waals surface area contributed by atoms with Gasteiger partial charge in [-0.15, -0.1) is 0 Å². The fourth-order valence-corrected chi connectivity index (χ4v) is 4.02. The van der Waals surface area contributed by atoms with Crippen LogP contribution < -0.4 is 0 Å². The van der Waals surface area contributed by atoms with Crippen LogP contribution in [-0.2, 0) is 24.3 Å². The minimum atomic E-state index is -4.08. The Hall–Kier alpha value is -2.53. The van der Waals surface area contributed by atoms with Crippen molar-refractivity contribution < 1.29 is 27.7 Å². The Bertz CT molecular complexity index is 837. The lowest BCUT2D eigenvalue weighted by molar-refractivity contribution is -0.384. The molecule has 156 valence electrons. The lowest BCUT2D eigenvalue weighted by Gasteiger charge is -2.33. The number of sulfonamides is 1. The zero-order valence-electron chi connectivity index (χ0n) is 16.6. The third-order valence-electron chi connectivity index (χ3n) is 4.47. The molecule has 0 aliphatic carbocycles. The Morgan fingerprint density at radius 1 is 1.11 bits per heavy atom. The van der Waals surface area contributed by atoms with Crippen LogP contribution in [0.3, 0.4) is 0 Å². The summed E-state index contributed by atoms with van der Waals surface area (Å²) >= 11 is 0. The van der Waals surface area contributed by atoms with Crippen molar-refractivity contribution in [1.82, 2.24) is 9.21 Å². The highest BCUT2D eigenvalue weighted by molar-refractivity contribution is 7.89. The third kappa shape index (κ3) is 4.84. The third-order valence-corrected chi connectivity index (χ3v) is 6.41. The van der Waals surface area contributed by atoms with Gasteiger partial charge in [0.05, 0.1) is 16.9 Å². The van der Waals surface area contributed by atoms with E-state index in [1.54, 1.807) is 13.8 Å². The lowest BCUT2D eigenvalue weighted by Crippen LogP contribution is -2.53. The fourth-order valence-electron chi connectivity index (χ4n) is 2.70. The van der Waals surface area contributed by atoms with E-state index in [1.807, 2.05) is 0 Å². The first-order valence-corrected chi connectivity index (χ1v) is 9.87. The van der Waals surface area contributed by atoms with Gasteiger partial charge in [-0.05, 0) is 25.0 Å². The Balaban J connectivity index is 3.12. The first-order chi connectivity index (χ1) is 12.9. The maximum atomic E-state index is 12.8. The summed E-state index contributed by atoms with van der Waals surface area (Å²) in [5.74, 6) is -1.43. The smallest absolute Gasteiger partial charge is 0.328 e. The van der Waals surface area contributed by atoms with Gasteiger partial charge >= 0.3 is 5.97 Å². The Morgan fingerprint density at radius 3 is 2.00 bits per heavy atom. The van der Waals surface area contributed by atoms with E-state index in [0.29, 0.717) is 0 Å². The van der Waals surface area contributed by atoms with Crippen molar-refractivity contribution >= 4 is 27.6 Å². The van der Waals surface area contributed by atoms with Crippen LogP contribution in [0.1, 0.15) is 20.8 Å². The average molecular weight is 415 g/mol. The molecule has 0 aliphatic rings. The summed E-state index contributed by atoms with van der Waals surface area (Å²) in [6, 6.07) is 2.38. The topological polar surface area (TPSA) is 127 Å². The number of nitrogens with zero attached hydrogens (tertiary/aromatic N) is 3. The van der Waals surface area contributed by atoms with E-state index in [-0.39, 0.29) is 16.5 Å². The van der Waals surface area contributed by atoms with Crippen LogP contribution in [0.25, 0.3) is 0 Å². The highest BCUT2D eigenvalue weighted by Gasteiger charge is 2.37. The second-order valence-electron chi connectivity index (χ2n) is 6.61. The van der Waals surface area contributed by atoms with E-state index in [2.05, 4.69) is 0 Å². The minimum Gasteiger partial charge on any atom is -0.467 e. The first kappa shape index (κ1) is 23.5. The quantitative estimate of drug-likeness (QED) is 0.355. The van der Waals surface area contributed by atoms with Gasteiger partial charge in [0, 0.05) is 26.2 Å². The van der Waals surface area contributed by atoms with Crippen molar-refractivity contribution in [2.45, 2.75) is 37.8 Å². The van der Waals surface area contributed by atoms with Crippen molar-refractivity contribution in [1.29, 1.82) is 0 Å². The SMILES string of the molecule is COC(=O)[C@H](C(C)C)N(C)C(=O)[C@@H](C)N(C)S(=O)(=O)c1ccc([N+](=O)[O-])cc1. The second-order valence-corrected chi connectivity index (χ2v) is 8.61. The molecule has 0 radical (unpaired) electrons. The van der Waals surface area contributed by atoms with Gasteiger partial charge in [0.1, 0.15) is 12.1 Å². The van der Waals surface area contributed by atoms with Crippen LogP contribution in [0.5, 0.6) is 0 Å². The first-order valence-electron chi connectivity index (χ1n) is 8.43. The number of hydrogen-bond donors (Lipinski definition) is 0. The number of nitro benzene ring substituents is 1. The van der Waals surface area contributed by atoms with Crippen LogP contribution in [0, 0.1) is 16.0 Å². The number of rotatable bonds is 8. The summed E-state index contributed by atoms with van der Waals surface area (Å²) in [6.07, 6.45) is 0. The maximum Gasteiger partial charge on any atom is 0.328 e. The Kier molecular flexibility index (Phi) is 7.65. The van der Waals surface area contributed by atoms with Gasteiger partial charge in [-0.3, -0.25) is 14.9 Å². The number of carbonyl (C=O) groups is 2. The molecule has 0 saturated carbocycles. The normalized spacial score (nSPS) is 13.9. The molecule has 0 aromatic heterocycles. The Morgan fingerprint density at radius 2 is 1.61 bits per heavy atom. The molecule has 0 heterocycles. The molecule has 0 N–H and O–H groups in total. The van der Waals surface area contributed by atoms with Gasteiger partial charge in [0.25, 0.3) is 5.69 Å². The van der Waals surface area contributed by atoms with E-state index >= 15 is 0 Å². The molecule has 1 amide bonds. The molecule has 0 saturated heterocycles. The fraction of sp³-hybridized carbons (Fsp3) is 0.529. The summed E-state index contributed by atoms with van der Waals surface area (Å²) in [5, 5.41) is 10.7. The monoisotopic (exact) mass is 415 g/mol. The predicted octanol–water partition coefficient (Wildman–Crippen LogP) is 1.26. The number of likely N-dealkylation sites (N-methyl/N-ethyl adjacent to an activating group) is 2. The molecule has 11 heteroatoms. The zero-order valence-corrected chi connectivity index (χ0v) is 17.5. The van der Waals surface area contributed by atoms with Crippen molar-refractivity contribution in [2.24, 2.45) is 5.92 Å². The molecule has 2 atom stereocenters. The molecule has 0 fully saturated rings. The number of non-ortho nitro benzene ring substituents is 1. The molecule has 0 aliphatic heterocycles. The van der Waals surface area contributed by atoms with Crippen molar-refractivity contribution in [2.75, 3.05) is 21.2 Å². The number of esters is 1. The summed E-state index contributed by atoms with van der Waals surface area (Å²) in [7, 11) is -0.230. The van der Waals surface area contributed by atoms with Gasteiger partial charge < -0.3 is 9.64 Å². The van der Waals surface area contributed by atoms with Crippen LogP contribution in [0.2, 0.25) is 0 Å². The van der Waals surface area contributed by atoms with Gasteiger partial charge in [-0.1, -0.05) is 13.8 Å². The predicted molar refractivity (Wildman–Crippen MR) is 101 cm³/mol. The molecule has 0 unspecified atom stereocenters. The van der Waals surface area contributed by atoms with Crippen LogP contribution >= 0.6 is 0 Å². The number of methoxy groups -OCH3 is 1. The van der Waals surface area contributed by atoms with Crippen molar-refractivity contribution in [3.63, 3.8) is 0 Å². The number of ether oxygens (including phenoxy) is 1. The molecule has 0 spiro atoms. The summed E-state index contributed by atoms with van der Waals surface area (Å²) in [5.41, 5.74) is -0.247. The highest BCUT2D eigenvalue weighted by Crippen LogP contribution is 2.21. The molecule has 1 aromatic carbocycles. The van der Waals surface area contributed by atoms with Crippen LogP contribution in [0.15, 0.2) is 29.2 Å². The van der Waals surface area contributed by atoms with Crippen LogP contribution in [0.4, 0.5) is 5.69 Å². The molecule has 10 nitrogen and oxygen atoms in total. The van der Waals surface area contributed by atoms with Gasteiger partial charge in [0.15, 0.2) is 0 Å². The molecule has 1 aromatic rings. The minimum absolute atomic E-state index is 0.184. The second kappa shape index (κ2) is 9.11. The molecular weight excluding hydrogens is 390 g/mol. The highest BCUT2D eigenvalue weighted by atomic mass is 32.2. The van der Waals surface area contributed by atoms with E-state index in [0.717, 1.165) is 28.6 Å². The lowest BCUT2D eigenvalue weighted by atomic mass is 10.0. The zero-order chi connectivity index (χ0) is 21.8. The number of nitro groups is 1. The van der Waals surface area contributed by atoms with Gasteiger partial charge in [0.2, 0.25) is 15.9 Å². The molecule has 1 rings (SSSR count). The largest absolute Gasteiger partial charge is 0.467 e. The average Bonchev–Trinajstić information content (AvgIpc) is 2.65. The van der Waals surface area contributed by atoms with E-state index in [4.69, 9.17) is 4.74 Å². The van der Waals surface area contributed by atoms with Gasteiger partial charge in [-0.25, -0.2) is 13.2 Å². The summed E-state index contributed by atoms with van der Waals surface area (Å²) < 4.78 is 31.1. The number of benzene rings is 1. The number of carbonyl (C=O) groups excluding carboxylic acids is 2. The van der Waals surface area contributed by atoms with Crippen molar-refractivity contribution in [3.05, 3.63) is 34.4 Å². The summed E-state index contributed by atoms with van der Waals surface area (Å²) in [6.45, 7) is 4.89. The maximum absolute atomic E-state index is 12.8. The molecule has 28 heavy (non-hydrogen) atoms. The van der Waals surface area contributed by atoms with E-state index in [9.17, 15) is 28.1 Å². The van der Waals surface area contributed by atoms with Crippen molar-refractivity contribution in [3.8, 4) is 0 Å². The molecular formula is C17H25N3O7S. The Labute approximate surface area is 164 Å². The number of amides is 1. The molecule has 0 bridgehead atoms. The van der Waals surface area contributed by atoms with E-state index < -0.39 is 38.9 Å². The standard InChI is InChI=1S/C17H25N3O7S/c1-11(2)15(17(22)27-6)18(4)16(21)12(3)19(5)28(25,26)14-9-7-13(8-10-14)20(23)24/h7-12,15H,1-6H3/t12-,15+/m1/s1. The van der Waals surface area contributed by atoms with E-state index in [1.165, 1.54) is 33.0 Å². The summed E-state index contributed by atoms with van der Waals surface area (Å²) in [4.78, 5) is 35.9. The van der Waals surface area contributed by atoms with Crippen LogP contribution in [-0.4, -0.2) is 67.7 Å². The number of hydrogen-bond acceptors (Lipinski definition) is 7. The van der Waals surface area contributed by atoms with Gasteiger partial charge in [-0.2, -0.15) is 4.31 Å².